The van der Waals surface area contributed by atoms with E-state index in [1.165, 1.54) is 16.8 Å². The Balaban J connectivity index is 1.53. The molecule has 5 N–H and O–H groups in total. The first-order valence-electron chi connectivity index (χ1n) is 15.5. The first-order chi connectivity index (χ1) is 21.5. The fourth-order valence-electron chi connectivity index (χ4n) is 5.61. The van der Waals surface area contributed by atoms with Gasteiger partial charge in [0.25, 0.3) is 5.91 Å². The van der Waals surface area contributed by atoms with E-state index in [0.717, 1.165) is 37.5 Å². The van der Waals surface area contributed by atoms with E-state index in [-0.39, 0.29) is 24.1 Å². The molecule has 10 nitrogen and oxygen atoms in total. The third kappa shape index (κ3) is 9.78. The first-order valence-corrected chi connectivity index (χ1v) is 17.3. The van der Waals surface area contributed by atoms with Crippen molar-refractivity contribution in [3.05, 3.63) is 90.0 Å². The van der Waals surface area contributed by atoms with Crippen LogP contribution in [0.4, 0.5) is 17.1 Å². The van der Waals surface area contributed by atoms with Crippen LogP contribution >= 0.6 is 0 Å². The van der Waals surface area contributed by atoms with Crippen molar-refractivity contribution in [3.8, 4) is 0 Å². The lowest BCUT2D eigenvalue weighted by molar-refractivity contribution is -0.123. The average Bonchev–Trinajstić information content (AvgIpc) is 3.03. The highest BCUT2D eigenvalue weighted by molar-refractivity contribution is 7.92. The Hall–Kier alpha value is -3.93. The van der Waals surface area contributed by atoms with Crippen LogP contribution in [0.5, 0.6) is 0 Å². The minimum Gasteiger partial charge on any atom is -0.390 e. The van der Waals surface area contributed by atoms with Crippen LogP contribution in [0.3, 0.4) is 0 Å². The van der Waals surface area contributed by atoms with Gasteiger partial charge in [-0.05, 0) is 62.1 Å². The molecule has 0 aromatic heterocycles. The Morgan fingerprint density at radius 1 is 0.933 bits per heavy atom. The molecular weight excluding hydrogens is 590 g/mol. The summed E-state index contributed by atoms with van der Waals surface area (Å²) in [6.07, 6.45) is 5.82. The Morgan fingerprint density at radius 3 is 2.20 bits per heavy atom. The van der Waals surface area contributed by atoms with Crippen molar-refractivity contribution in [2.45, 2.75) is 69.7 Å². The lowest BCUT2D eigenvalue weighted by Crippen LogP contribution is -2.53. The van der Waals surface area contributed by atoms with E-state index >= 15 is 0 Å². The number of hydrogen-bond donors (Lipinski definition) is 5. The number of carbonyl (C=O) groups excluding carboxylic acids is 2. The zero-order chi connectivity index (χ0) is 32.4. The van der Waals surface area contributed by atoms with Crippen molar-refractivity contribution in [2.24, 2.45) is 0 Å². The van der Waals surface area contributed by atoms with Gasteiger partial charge in [0.2, 0.25) is 15.9 Å². The molecule has 242 valence electrons. The molecule has 1 aliphatic rings. The Kier molecular flexibility index (Phi) is 12.0. The Labute approximate surface area is 266 Å². The van der Waals surface area contributed by atoms with E-state index in [4.69, 9.17) is 0 Å². The number of nitrogens with zero attached hydrogens (tertiary/aromatic N) is 1. The number of carbonyl (C=O) groups is 2. The SMILES string of the molecule is CNc1cc(C(=O)NC(Cc2ccccc2)C(O)CNC(C)C(=O)NC2CCCCC2)cc(N(c2ccccc2)S(C)(=O)=O)c1. The van der Waals surface area contributed by atoms with Gasteiger partial charge in [-0.2, -0.15) is 0 Å². The molecule has 1 aliphatic carbocycles. The quantitative estimate of drug-likeness (QED) is 0.181. The van der Waals surface area contributed by atoms with Gasteiger partial charge in [0.05, 0.1) is 35.8 Å². The number of aliphatic hydroxyl groups is 1. The molecule has 0 aliphatic heterocycles. The monoisotopic (exact) mass is 635 g/mol. The summed E-state index contributed by atoms with van der Waals surface area (Å²) in [5.74, 6) is -0.582. The van der Waals surface area contributed by atoms with Crippen LogP contribution in [-0.4, -0.2) is 69.4 Å². The fourth-order valence-corrected chi connectivity index (χ4v) is 6.60. The van der Waals surface area contributed by atoms with Crippen molar-refractivity contribution in [2.75, 3.05) is 29.5 Å². The van der Waals surface area contributed by atoms with Gasteiger partial charge in [0.15, 0.2) is 0 Å². The second-order valence-electron chi connectivity index (χ2n) is 11.7. The summed E-state index contributed by atoms with van der Waals surface area (Å²) in [5.41, 5.74) is 2.41. The molecule has 0 bridgehead atoms. The molecule has 0 saturated heterocycles. The van der Waals surface area contributed by atoms with Crippen LogP contribution in [0.1, 0.15) is 54.9 Å². The summed E-state index contributed by atoms with van der Waals surface area (Å²) < 4.78 is 27.0. The van der Waals surface area contributed by atoms with Crippen molar-refractivity contribution < 1.29 is 23.1 Å². The highest BCUT2D eigenvalue weighted by Crippen LogP contribution is 2.31. The van der Waals surface area contributed by atoms with Crippen LogP contribution in [0.25, 0.3) is 0 Å². The number of para-hydroxylation sites is 1. The van der Waals surface area contributed by atoms with E-state index in [1.807, 2.05) is 30.3 Å². The highest BCUT2D eigenvalue weighted by atomic mass is 32.2. The standard InChI is InChI=1S/C34H45N5O5S/c1-24(33(41)37-27-15-9-5-10-16-27)36-23-32(40)31(19-25-13-7-4-8-14-25)38-34(42)26-20-28(35-2)22-30(21-26)39(45(3,43)44)29-17-11-6-12-18-29/h4,6-8,11-14,17-18,20-22,24,27,31-32,35-36,40H,5,9-10,15-16,19,23H2,1-3H3,(H,37,41)(H,38,42). The van der Waals surface area contributed by atoms with Gasteiger partial charge in [-0.25, -0.2) is 12.7 Å². The van der Waals surface area contributed by atoms with Crippen molar-refractivity contribution in [1.82, 2.24) is 16.0 Å². The highest BCUT2D eigenvalue weighted by Gasteiger charge is 2.27. The van der Waals surface area contributed by atoms with E-state index in [0.29, 0.717) is 23.5 Å². The Morgan fingerprint density at radius 2 is 1.58 bits per heavy atom. The number of aliphatic hydroxyl groups excluding tert-OH is 1. The zero-order valence-electron chi connectivity index (χ0n) is 26.2. The molecule has 1 fully saturated rings. The molecular formula is C34H45N5O5S. The number of anilines is 3. The Bertz CT molecular complexity index is 1510. The minimum absolute atomic E-state index is 0.0781. The van der Waals surface area contributed by atoms with Gasteiger partial charge in [0.1, 0.15) is 0 Å². The topological polar surface area (TPSA) is 140 Å². The second-order valence-corrected chi connectivity index (χ2v) is 13.5. The average molecular weight is 636 g/mol. The first kappa shape index (κ1) is 34.0. The molecule has 1 saturated carbocycles. The van der Waals surface area contributed by atoms with E-state index in [2.05, 4.69) is 21.3 Å². The molecule has 0 heterocycles. The predicted octanol–water partition coefficient (Wildman–Crippen LogP) is 3.96. The molecule has 3 aromatic carbocycles. The van der Waals surface area contributed by atoms with E-state index < -0.39 is 34.1 Å². The van der Waals surface area contributed by atoms with Crippen LogP contribution in [0.15, 0.2) is 78.9 Å². The van der Waals surface area contributed by atoms with Crippen LogP contribution in [0.2, 0.25) is 0 Å². The molecule has 3 atom stereocenters. The summed E-state index contributed by atoms with van der Waals surface area (Å²) in [6.45, 7) is 1.84. The number of amides is 2. The normalized spacial score (nSPS) is 15.8. The lowest BCUT2D eigenvalue weighted by atomic mass is 9.95. The van der Waals surface area contributed by atoms with Crippen LogP contribution in [-0.2, 0) is 21.2 Å². The fraction of sp³-hybridized carbons (Fsp3) is 0.412. The number of sulfonamides is 1. The number of rotatable bonds is 14. The maximum absolute atomic E-state index is 13.7. The van der Waals surface area contributed by atoms with Crippen molar-refractivity contribution >= 4 is 38.9 Å². The van der Waals surface area contributed by atoms with Crippen LogP contribution < -0.4 is 25.6 Å². The van der Waals surface area contributed by atoms with Gasteiger partial charge >= 0.3 is 0 Å². The summed E-state index contributed by atoms with van der Waals surface area (Å²) in [6, 6.07) is 21.9. The molecule has 3 aromatic rings. The van der Waals surface area contributed by atoms with E-state index in [1.54, 1.807) is 56.4 Å². The van der Waals surface area contributed by atoms with Crippen molar-refractivity contribution in [3.63, 3.8) is 0 Å². The molecule has 11 heteroatoms. The van der Waals surface area contributed by atoms with Gasteiger partial charge in [0, 0.05) is 30.9 Å². The lowest BCUT2D eigenvalue weighted by Gasteiger charge is -2.28. The van der Waals surface area contributed by atoms with Crippen LogP contribution in [0, 0.1) is 0 Å². The number of hydrogen-bond acceptors (Lipinski definition) is 7. The van der Waals surface area contributed by atoms with Crippen molar-refractivity contribution in [1.29, 1.82) is 0 Å². The third-order valence-electron chi connectivity index (χ3n) is 8.08. The van der Waals surface area contributed by atoms with Gasteiger partial charge in [-0.3, -0.25) is 9.59 Å². The third-order valence-corrected chi connectivity index (χ3v) is 9.17. The van der Waals surface area contributed by atoms with Gasteiger partial charge < -0.3 is 26.4 Å². The maximum Gasteiger partial charge on any atom is 0.251 e. The summed E-state index contributed by atoms with van der Waals surface area (Å²) in [7, 11) is -2.07. The summed E-state index contributed by atoms with van der Waals surface area (Å²) >= 11 is 0. The van der Waals surface area contributed by atoms with Gasteiger partial charge in [-0.15, -0.1) is 0 Å². The van der Waals surface area contributed by atoms with E-state index in [9.17, 15) is 23.1 Å². The predicted molar refractivity (Wildman–Crippen MR) is 179 cm³/mol. The molecule has 0 radical (unpaired) electrons. The molecule has 45 heavy (non-hydrogen) atoms. The summed E-state index contributed by atoms with van der Waals surface area (Å²) in [4.78, 5) is 26.5. The number of nitrogens with one attached hydrogen (secondary N) is 4. The van der Waals surface area contributed by atoms with Gasteiger partial charge in [-0.1, -0.05) is 67.8 Å². The molecule has 2 amide bonds. The summed E-state index contributed by atoms with van der Waals surface area (Å²) in [5, 5.41) is 23.5. The second kappa shape index (κ2) is 15.9. The molecule has 0 spiro atoms. The number of benzene rings is 3. The minimum atomic E-state index is -3.75. The smallest absolute Gasteiger partial charge is 0.251 e. The molecule has 3 unspecified atom stereocenters. The maximum atomic E-state index is 13.7. The largest absolute Gasteiger partial charge is 0.390 e. The molecule has 4 rings (SSSR count). The zero-order valence-corrected chi connectivity index (χ0v) is 27.0.